The maximum absolute atomic E-state index is 12.6. The molecule has 0 heterocycles. The lowest BCUT2D eigenvalue weighted by Crippen LogP contribution is -2.18. The number of carbonyl (C=O) groups is 3. The highest BCUT2D eigenvalue weighted by Crippen LogP contribution is 2.31. The molecule has 4 rings (SSSR count). The van der Waals surface area contributed by atoms with Crippen LogP contribution in [0.25, 0.3) is 0 Å². The van der Waals surface area contributed by atoms with Crippen molar-refractivity contribution in [1.82, 2.24) is 5.43 Å². The first kappa shape index (κ1) is 27.8. The molecule has 2 N–H and O–H groups in total. The molecule has 13 heteroatoms. The van der Waals surface area contributed by atoms with Crippen molar-refractivity contribution < 1.29 is 29.0 Å². The molecule has 0 bridgehead atoms. The molecule has 0 unspecified atom stereocenters. The number of carbonyl (C=O) groups excluding carboxylic acids is 3. The van der Waals surface area contributed by atoms with E-state index in [-0.39, 0.29) is 28.3 Å². The maximum atomic E-state index is 12.6. The van der Waals surface area contributed by atoms with Gasteiger partial charge in [-0.25, -0.2) is 10.2 Å². The number of nitro benzene ring substituents is 2. The summed E-state index contributed by atoms with van der Waals surface area (Å²) in [5.74, 6) is -2.35. The Kier molecular flexibility index (Phi) is 8.50. The number of hydrogen-bond acceptors (Lipinski definition) is 9. The third-order valence-corrected chi connectivity index (χ3v) is 5.54. The van der Waals surface area contributed by atoms with E-state index in [1.54, 1.807) is 30.3 Å². The van der Waals surface area contributed by atoms with Crippen LogP contribution in [0.2, 0.25) is 0 Å². The number of para-hydroxylation sites is 1. The molecule has 41 heavy (non-hydrogen) atoms. The molecule has 4 aromatic carbocycles. The van der Waals surface area contributed by atoms with E-state index in [4.69, 9.17) is 4.74 Å². The van der Waals surface area contributed by atoms with Gasteiger partial charge in [-0.2, -0.15) is 5.10 Å². The van der Waals surface area contributed by atoms with E-state index in [9.17, 15) is 34.6 Å². The number of hydrogen-bond donors (Lipinski definition) is 2. The van der Waals surface area contributed by atoms with Gasteiger partial charge < -0.3 is 10.1 Å². The fourth-order valence-electron chi connectivity index (χ4n) is 3.49. The second-order valence-electron chi connectivity index (χ2n) is 8.24. The number of ether oxygens (including phenoxy) is 1. The van der Waals surface area contributed by atoms with Crippen molar-refractivity contribution in [2.24, 2.45) is 5.10 Å². The Bertz CT molecular complexity index is 1650. The molecule has 13 nitrogen and oxygen atoms in total. The van der Waals surface area contributed by atoms with Crippen molar-refractivity contribution in [3.8, 4) is 5.75 Å². The highest BCUT2D eigenvalue weighted by atomic mass is 16.6. The number of amides is 2. The molecule has 0 aliphatic carbocycles. The molecule has 0 aromatic heterocycles. The van der Waals surface area contributed by atoms with Gasteiger partial charge in [0.2, 0.25) is 5.75 Å². The van der Waals surface area contributed by atoms with Gasteiger partial charge in [0.1, 0.15) is 0 Å². The topological polar surface area (TPSA) is 183 Å². The lowest BCUT2D eigenvalue weighted by Gasteiger charge is -2.08. The Morgan fingerprint density at radius 1 is 0.707 bits per heavy atom. The average Bonchev–Trinajstić information content (AvgIpc) is 2.98. The van der Waals surface area contributed by atoms with Gasteiger partial charge in [-0.1, -0.05) is 24.3 Å². The minimum Gasteiger partial charge on any atom is -0.415 e. The van der Waals surface area contributed by atoms with E-state index in [1.165, 1.54) is 36.4 Å². The summed E-state index contributed by atoms with van der Waals surface area (Å²) in [5.41, 5.74) is 2.58. The van der Waals surface area contributed by atoms with E-state index in [0.29, 0.717) is 11.3 Å². The summed E-state index contributed by atoms with van der Waals surface area (Å²) >= 11 is 0. The number of rotatable bonds is 9. The van der Waals surface area contributed by atoms with Gasteiger partial charge in [-0.05, 0) is 54.6 Å². The Balaban J connectivity index is 1.45. The molecule has 0 saturated heterocycles. The monoisotopic (exact) mass is 553 g/mol. The van der Waals surface area contributed by atoms with Crippen LogP contribution in [0.3, 0.4) is 0 Å². The van der Waals surface area contributed by atoms with Crippen LogP contribution in [0.5, 0.6) is 5.75 Å². The zero-order valence-corrected chi connectivity index (χ0v) is 20.9. The quantitative estimate of drug-likeness (QED) is 0.0979. The van der Waals surface area contributed by atoms with Crippen LogP contribution < -0.4 is 15.5 Å². The minimum absolute atomic E-state index is 0.00809. The van der Waals surface area contributed by atoms with Crippen LogP contribution in [0.15, 0.2) is 102 Å². The van der Waals surface area contributed by atoms with Crippen molar-refractivity contribution in [2.75, 3.05) is 5.32 Å². The molecule has 0 saturated carbocycles. The van der Waals surface area contributed by atoms with E-state index in [2.05, 4.69) is 15.8 Å². The summed E-state index contributed by atoms with van der Waals surface area (Å²) < 4.78 is 5.25. The number of benzene rings is 4. The molecule has 0 radical (unpaired) electrons. The van der Waals surface area contributed by atoms with E-state index in [1.807, 2.05) is 0 Å². The van der Waals surface area contributed by atoms with Gasteiger partial charge in [-0.3, -0.25) is 29.8 Å². The number of nitrogens with one attached hydrogen (secondary N) is 2. The van der Waals surface area contributed by atoms with E-state index >= 15 is 0 Å². The SMILES string of the molecule is O=C(N/N=C/c1cccc([N+](=O)[O-])c1OC(=O)c1ccc([N+](=O)[O-])cc1)c1ccc(NC(=O)c2ccccc2)cc1. The van der Waals surface area contributed by atoms with Gasteiger partial charge in [-0.15, -0.1) is 0 Å². The first-order valence-corrected chi connectivity index (χ1v) is 11.8. The third-order valence-electron chi connectivity index (χ3n) is 5.54. The number of hydrazone groups is 1. The predicted octanol–water partition coefficient (Wildman–Crippen LogP) is 4.74. The number of nitrogens with zero attached hydrogens (tertiary/aromatic N) is 3. The van der Waals surface area contributed by atoms with Gasteiger partial charge in [0, 0.05) is 40.6 Å². The van der Waals surface area contributed by atoms with Crippen molar-refractivity contribution in [3.05, 3.63) is 140 Å². The van der Waals surface area contributed by atoms with Crippen molar-refractivity contribution >= 4 is 41.1 Å². The molecular weight excluding hydrogens is 534 g/mol. The average molecular weight is 553 g/mol. The Morgan fingerprint density at radius 2 is 1.34 bits per heavy atom. The van der Waals surface area contributed by atoms with Crippen LogP contribution in [0, 0.1) is 20.2 Å². The summed E-state index contributed by atoms with van der Waals surface area (Å²) in [5, 5.41) is 28.9. The number of esters is 1. The summed E-state index contributed by atoms with van der Waals surface area (Å²) in [6, 6.07) is 22.9. The molecule has 4 aromatic rings. The molecule has 0 spiro atoms. The highest BCUT2D eigenvalue weighted by molar-refractivity contribution is 6.04. The van der Waals surface area contributed by atoms with Crippen LogP contribution in [-0.4, -0.2) is 33.8 Å². The lowest BCUT2D eigenvalue weighted by molar-refractivity contribution is -0.385. The van der Waals surface area contributed by atoms with Crippen molar-refractivity contribution in [3.63, 3.8) is 0 Å². The highest BCUT2D eigenvalue weighted by Gasteiger charge is 2.22. The van der Waals surface area contributed by atoms with Gasteiger partial charge in [0.15, 0.2) is 0 Å². The predicted molar refractivity (Wildman–Crippen MR) is 147 cm³/mol. The zero-order chi connectivity index (χ0) is 29.4. The molecule has 0 aliphatic rings. The van der Waals surface area contributed by atoms with Crippen molar-refractivity contribution in [2.45, 2.75) is 0 Å². The van der Waals surface area contributed by atoms with Gasteiger partial charge >= 0.3 is 11.7 Å². The van der Waals surface area contributed by atoms with Crippen LogP contribution in [0.4, 0.5) is 17.1 Å². The van der Waals surface area contributed by atoms with Gasteiger partial charge in [0.05, 0.1) is 21.6 Å². The molecule has 0 fully saturated rings. The van der Waals surface area contributed by atoms with Crippen molar-refractivity contribution in [1.29, 1.82) is 0 Å². The first-order valence-electron chi connectivity index (χ1n) is 11.8. The summed E-state index contributed by atoms with van der Waals surface area (Å²) in [6.07, 6.45) is 1.07. The molecular formula is C28H19N5O8. The van der Waals surface area contributed by atoms with E-state index in [0.717, 1.165) is 36.5 Å². The standard InChI is InChI=1S/C28H19N5O8/c34-26(18-5-2-1-3-6-18)30-22-13-9-19(10-14-22)27(35)31-29-17-21-7-4-8-24(33(39)40)25(21)41-28(36)20-11-15-23(16-12-20)32(37)38/h1-17H,(H,30,34)(H,31,35)/b29-17+. The normalized spacial score (nSPS) is 10.5. The fourth-order valence-corrected chi connectivity index (χ4v) is 3.49. The fraction of sp³-hybridized carbons (Fsp3) is 0. The molecule has 2 amide bonds. The summed E-state index contributed by atoms with van der Waals surface area (Å²) in [4.78, 5) is 58.4. The Labute approximate surface area is 231 Å². The maximum Gasteiger partial charge on any atom is 0.343 e. The zero-order valence-electron chi connectivity index (χ0n) is 20.9. The number of nitro groups is 2. The second kappa shape index (κ2) is 12.5. The van der Waals surface area contributed by atoms with Crippen LogP contribution in [-0.2, 0) is 0 Å². The van der Waals surface area contributed by atoms with Crippen LogP contribution >= 0.6 is 0 Å². The van der Waals surface area contributed by atoms with Crippen LogP contribution in [0.1, 0.15) is 36.6 Å². The smallest absolute Gasteiger partial charge is 0.343 e. The second-order valence-corrected chi connectivity index (χ2v) is 8.24. The molecule has 204 valence electrons. The molecule has 0 atom stereocenters. The summed E-state index contributed by atoms with van der Waals surface area (Å²) in [7, 11) is 0. The largest absolute Gasteiger partial charge is 0.415 e. The Hall–Kier alpha value is -6.24. The first-order chi connectivity index (χ1) is 19.7. The third kappa shape index (κ3) is 7.00. The lowest BCUT2D eigenvalue weighted by atomic mass is 10.1. The summed E-state index contributed by atoms with van der Waals surface area (Å²) in [6.45, 7) is 0. The van der Waals surface area contributed by atoms with E-state index < -0.39 is 33.2 Å². The molecule has 0 aliphatic heterocycles. The minimum atomic E-state index is -0.993. The number of anilines is 1. The van der Waals surface area contributed by atoms with Gasteiger partial charge in [0.25, 0.3) is 17.5 Å². The Morgan fingerprint density at radius 3 is 1.98 bits per heavy atom. The number of non-ortho nitro benzene ring substituents is 1.